The van der Waals surface area contributed by atoms with Gasteiger partial charge in [0.1, 0.15) is 24.4 Å². The molecule has 3 nitrogen and oxygen atoms in total. The first-order valence-corrected chi connectivity index (χ1v) is 12.6. The molecule has 0 bridgehead atoms. The molecule has 2 aliphatic rings. The summed E-state index contributed by atoms with van der Waals surface area (Å²) in [7, 11) is 0. The molecular weight excluding hydrogens is 428 g/mol. The molecule has 0 amide bonds. The number of hydrogen-bond acceptors (Lipinski definition) is 2. The van der Waals surface area contributed by atoms with E-state index in [4.69, 9.17) is 16.0 Å². The third-order valence-electron chi connectivity index (χ3n) is 6.66. The van der Waals surface area contributed by atoms with E-state index in [-0.39, 0.29) is 0 Å². The van der Waals surface area contributed by atoms with Crippen LogP contribution in [0.2, 0.25) is 0 Å². The number of anilines is 1. The van der Waals surface area contributed by atoms with Crippen LogP contribution in [0.5, 0.6) is 0 Å². The van der Waals surface area contributed by atoms with E-state index in [2.05, 4.69) is 98.7 Å². The van der Waals surface area contributed by atoms with Crippen molar-refractivity contribution in [2.45, 2.75) is 40.5 Å². The summed E-state index contributed by atoms with van der Waals surface area (Å²) >= 11 is 6.11. The zero-order chi connectivity index (χ0) is 23.5. The van der Waals surface area contributed by atoms with Gasteiger partial charge in [-0.25, -0.2) is 4.58 Å². The molecule has 0 fully saturated rings. The van der Waals surface area contributed by atoms with Gasteiger partial charge in [-0.3, -0.25) is 0 Å². The normalized spacial score (nSPS) is 11.3. The lowest BCUT2D eigenvalue weighted by Crippen LogP contribution is -2.29. The van der Waals surface area contributed by atoms with Gasteiger partial charge in [0.05, 0.1) is 6.07 Å². The van der Waals surface area contributed by atoms with Gasteiger partial charge in [0.15, 0.2) is 0 Å². The second-order valence-electron chi connectivity index (χ2n) is 8.47. The molecule has 1 heterocycles. The summed E-state index contributed by atoms with van der Waals surface area (Å²) in [6.45, 7) is 14.8. The number of nitrogens with zero attached hydrogens (tertiary/aromatic N) is 2. The second kappa shape index (κ2) is 10.0. The third-order valence-corrected chi connectivity index (χ3v) is 6.97. The Morgan fingerprint density at radius 1 is 0.848 bits per heavy atom. The molecule has 4 rings (SSSR count). The van der Waals surface area contributed by atoms with Gasteiger partial charge in [-0.05, 0) is 69.5 Å². The highest BCUT2D eigenvalue weighted by Crippen LogP contribution is 2.42. The van der Waals surface area contributed by atoms with Crippen LogP contribution in [-0.2, 0) is 5.88 Å². The molecule has 0 atom stereocenters. The topological polar surface area (TPSA) is 19.4 Å². The summed E-state index contributed by atoms with van der Waals surface area (Å²) in [6.07, 6.45) is 0. The van der Waals surface area contributed by atoms with Gasteiger partial charge in [0.2, 0.25) is 5.36 Å². The Morgan fingerprint density at radius 2 is 1.58 bits per heavy atom. The van der Waals surface area contributed by atoms with Gasteiger partial charge in [-0.2, -0.15) is 0 Å². The van der Waals surface area contributed by atoms with Crippen LogP contribution < -0.4 is 14.8 Å². The molecule has 4 heteroatoms. The van der Waals surface area contributed by atoms with Gasteiger partial charge in [-0.1, -0.05) is 18.2 Å². The van der Waals surface area contributed by atoms with E-state index in [1.807, 2.05) is 0 Å². The number of fused-ring (bicyclic) bond motifs is 2. The van der Waals surface area contributed by atoms with Crippen molar-refractivity contribution in [2.24, 2.45) is 0 Å². The summed E-state index contributed by atoms with van der Waals surface area (Å²) in [6, 6.07) is 19.8. The van der Waals surface area contributed by atoms with Crippen LogP contribution in [0.1, 0.15) is 38.8 Å². The smallest absolute Gasteiger partial charge is 0.203 e. The standard InChI is InChI=1S/C29H34ClN2O/c1-6-31(7-2)22-11-14-25-27(17-22)33-28-18-23(32(8-3)9-4)12-15-26(28)29(25)24-13-10-21(19-30)16-20(24)5/h10-18H,6-9,19H2,1-5H3/q+1. The fourth-order valence-electron chi connectivity index (χ4n) is 4.82. The van der Waals surface area contributed by atoms with E-state index in [9.17, 15) is 0 Å². The van der Waals surface area contributed by atoms with Crippen LogP contribution in [0.4, 0.5) is 5.69 Å². The Hall–Kier alpha value is -2.78. The first kappa shape index (κ1) is 23.4. The zero-order valence-electron chi connectivity index (χ0n) is 20.4. The molecule has 0 N–H and O–H groups in total. The summed E-state index contributed by atoms with van der Waals surface area (Å²) in [5.41, 5.74) is 8.05. The predicted octanol–water partition coefficient (Wildman–Crippen LogP) is 6.91. The van der Waals surface area contributed by atoms with Crippen LogP contribution >= 0.6 is 11.6 Å². The fourth-order valence-corrected chi connectivity index (χ4v) is 4.98. The highest BCUT2D eigenvalue weighted by molar-refractivity contribution is 6.17. The van der Waals surface area contributed by atoms with Crippen LogP contribution in [-0.4, -0.2) is 26.2 Å². The van der Waals surface area contributed by atoms with E-state index in [0.29, 0.717) is 5.88 Å². The van der Waals surface area contributed by atoms with Crippen molar-refractivity contribution in [3.63, 3.8) is 0 Å². The van der Waals surface area contributed by atoms with Crippen molar-refractivity contribution < 1.29 is 4.42 Å². The lowest BCUT2D eigenvalue weighted by atomic mass is 9.90. The quantitative estimate of drug-likeness (QED) is 0.169. The number of aryl methyl sites for hydroxylation is 1. The van der Waals surface area contributed by atoms with Crippen LogP contribution in [0.25, 0.3) is 33.4 Å². The van der Waals surface area contributed by atoms with Gasteiger partial charge < -0.3 is 9.32 Å². The Labute approximate surface area is 202 Å². The largest absolute Gasteiger partial charge is 0.456 e. The van der Waals surface area contributed by atoms with Crippen molar-refractivity contribution in [3.05, 3.63) is 71.1 Å². The molecular formula is C29H34ClN2O+. The minimum atomic E-state index is 0.521. The molecule has 172 valence electrons. The van der Waals surface area contributed by atoms with E-state index in [0.717, 1.165) is 54.0 Å². The number of rotatable bonds is 7. The van der Waals surface area contributed by atoms with Crippen molar-refractivity contribution >= 4 is 28.3 Å². The van der Waals surface area contributed by atoms with Crippen LogP contribution in [0, 0.1) is 6.92 Å². The Kier molecular flexibility index (Phi) is 7.09. The summed E-state index contributed by atoms with van der Waals surface area (Å²) < 4.78 is 8.93. The number of halogens is 1. The Morgan fingerprint density at radius 3 is 2.21 bits per heavy atom. The predicted molar refractivity (Wildman–Crippen MR) is 142 cm³/mol. The van der Waals surface area contributed by atoms with E-state index in [1.54, 1.807) is 0 Å². The SMILES string of the molecule is CCN(CC)c1ccc2c(-c3ccc(CCl)cc3C)c3ccc(=[N+](CC)CC)cc-3oc2c1. The van der Waals surface area contributed by atoms with E-state index < -0.39 is 0 Å². The zero-order valence-corrected chi connectivity index (χ0v) is 21.2. The molecule has 0 saturated carbocycles. The maximum Gasteiger partial charge on any atom is 0.203 e. The van der Waals surface area contributed by atoms with E-state index >= 15 is 0 Å². The molecule has 0 spiro atoms. The number of hydrogen-bond donors (Lipinski definition) is 0. The average Bonchev–Trinajstić information content (AvgIpc) is 2.84. The molecule has 0 unspecified atom stereocenters. The van der Waals surface area contributed by atoms with Gasteiger partial charge >= 0.3 is 0 Å². The summed E-state index contributed by atoms with van der Waals surface area (Å²) in [5.74, 6) is 1.44. The molecule has 2 aromatic rings. The lowest BCUT2D eigenvalue weighted by Gasteiger charge is -2.22. The monoisotopic (exact) mass is 461 g/mol. The minimum Gasteiger partial charge on any atom is -0.456 e. The van der Waals surface area contributed by atoms with Crippen molar-refractivity contribution in [1.82, 2.24) is 4.58 Å². The molecule has 33 heavy (non-hydrogen) atoms. The number of benzene rings is 3. The van der Waals surface area contributed by atoms with Crippen molar-refractivity contribution in [2.75, 3.05) is 31.1 Å². The average molecular weight is 462 g/mol. The van der Waals surface area contributed by atoms with Gasteiger partial charge in [-0.15, -0.1) is 11.6 Å². The molecule has 1 aliphatic heterocycles. The first-order chi connectivity index (χ1) is 16.0. The summed E-state index contributed by atoms with van der Waals surface area (Å²) in [4.78, 5) is 2.35. The van der Waals surface area contributed by atoms with Gasteiger partial charge in [0.25, 0.3) is 0 Å². The highest BCUT2D eigenvalue weighted by atomic mass is 35.5. The Balaban J connectivity index is 2.09. The van der Waals surface area contributed by atoms with E-state index in [1.165, 1.54) is 27.7 Å². The molecule has 2 aromatic carbocycles. The minimum absolute atomic E-state index is 0.521. The maximum absolute atomic E-state index is 6.58. The Bertz CT molecular complexity index is 1310. The molecule has 0 saturated heterocycles. The second-order valence-corrected chi connectivity index (χ2v) is 8.73. The van der Waals surface area contributed by atoms with Crippen molar-refractivity contribution in [1.29, 1.82) is 0 Å². The molecule has 1 aliphatic carbocycles. The fraction of sp³-hybridized carbons (Fsp3) is 0.345. The molecule has 0 radical (unpaired) electrons. The maximum atomic E-state index is 6.58. The lowest BCUT2D eigenvalue weighted by molar-refractivity contribution is 0.604. The first-order valence-electron chi connectivity index (χ1n) is 12.0. The third kappa shape index (κ3) is 4.39. The summed E-state index contributed by atoms with van der Waals surface area (Å²) in [5, 5.41) is 2.33. The van der Waals surface area contributed by atoms with Gasteiger partial charge in [0, 0.05) is 53.3 Å². The van der Waals surface area contributed by atoms with Crippen LogP contribution in [0.15, 0.2) is 59.0 Å². The number of alkyl halides is 1. The highest BCUT2D eigenvalue weighted by Gasteiger charge is 2.20. The van der Waals surface area contributed by atoms with Crippen molar-refractivity contribution in [3.8, 4) is 22.5 Å². The van der Waals surface area contributed by atoms with Crippen LogP contribution in [0.3, 0.4) is 0 Å². The molecule has 0 aromatic heterocycles.